The van der Waals surface area contributed by atoms with Gasteiger partial charge in [0.25, 0.3) is 0 Å². The standard InChI is InChI=1S/C20H24O3/c1-2-3-4-8-13-18-14-9-10-15-19(18)23-20(21)22-16-17-11-6-5-7-12-17/h5-7,9-12,14-15H,2-4,8,13,16H2,1H3. The molecule has 0 saturated heterocycles. The second-order valence-electron chi connectivity index (χ2n) is 5.54. The molecule has 2 rings (SSSR count). The van der Waals surface area contributed by atoms with Crippen LogP contribution in [0.5, 0.6) is 5.75 Å². The molecule has 2 aromatic rings. The van der Waals surface area contributed by atoms with Crippen LogP contribution in [0.25, 0.3) is 0 Å². The van der Waals surface area contributed by atoms with Gasteiger partial charge in [0.2, 0.25) is 0 Å². The average Bonchev–Trinajstić information content (AvgIpc) is 2.59. The second-order valence-corrected chi connectivity index (χ2v) is 5.54. The number of carbonyl (C=O) groups is 1. The molecular weight excluding hydrogens is 288 g/mol. The van der Waals surface area contributed by atoms with E-state index in [9.17, 15) is 4.79 Å². The molecule has 0 fully saturated rings. The van der Waals surface area contributed by atoms with E-state index in [1.807, 2.05) is 54.6 Å². The maximum Gasteiger partial charge on any atom is 0.514 e. The lowest BCUT2D eigenvalue weighted by atomic mass is 10.1. The first-order chi connectivity index (χ1) is 11.3. The third-order valence-electron chi connectivity index (χ3n) is 3.67. The van der Waals surface area contributed by atoms with Gasteiger partial charge in [-0.2, -0.15) is 0 Å². The van der Waals surface area contributed by atoms with E-state index in [1.54, 1.807) is 0 Å². The van der Waals surface area contributed by atoms with E-state index >= 15 is 0 Å². The predicted molar refractivity (Wildman–Crippen MR) is 91.5 cm³/mol. The molecule has 0 aliphatic rings. The number of unbranched alkanes of at least 4 members (excludes halogenated alkanes) is 3. The van der Waals surface area contributed by atoms with Crippen LogP contribution in [0.3, 0.4) is 0 Å². The zero-order valence-electron chi connectivity index (χ0n) is 13.7. The number of ether oxygens (including phenoxy) is 2. The van der Waals surface area contributed by atoms with E-state index in [0.29, 0.717) is 5.75 Å². The zero-order chi connectivity index (χ0) is 16.3. The molecule has 0 aromatic heterocycles. The molecule has 0 bridgehead atoms. The van der Waals surface area contributed by atoms with Crippen molar-refractivity contribution >= 4 is 6.16 Å². The smallest absolute Gasteiger partial charge is 0.429 e. The molecule has 0 amide bonds. The van der Waals surface area contributed by atoms with Gasteiger partial charge in [0.05, 0.1) is 0 Å². The van der Waals surface area contributed by atoms with Gasteiger partial charge < -0.3 is 9.47 Å². The highest BCUT2D eigenvalue weighted by Gasteiger charge is 2.10. The second kappa shape index (κ2) is 9.67. The van der Waals surface area contributed by atoms with Gasteiger partial charge in [0.15, 0.2) is 0 Å². The Labute approximate surface area is 138 Å². The molecule has 0 unspecified atom stereocenters. The Hall–Kier alpha value is -2.29. The molecule has 0 heterocycles. The van der Waals surface area contributed by atoms with Crippen molar-refractivity contribution in [3.05, 3.63) is 65.7 Å². The summed E-state index contributed by atoms with van der Waals surface area (Å²) in [6.07, 6.45) is 5.01. The van der Waals surface area contributed by atoms with Crippen LogP contribution in [0.2, 0.25) is 0 Å². The van der Waals surface area contributed by atoms with Crippen molar-refractivity contribution in [2.45, 2.75) is 45.6 Å². The lowest BCUT2D eigenvalue weighted by Gasteiger charge is -2.10. The number of hydrogen-bond acceptors (Lipinski definition) is 3. The fourth-order valence-corrected chi connectivity index (χ4v) is 2.39. The minimum Gasteiger partial charge on any atom is -0.429 e. The van der Waals surface area contributed by atoms with E-state index in [0.717, 1.165) is 24.0 Å². The molecular formula is C20H24O3. The van der Waals surface area contributed by atoms with E-state index in [4.69, 9.17) is 9.47 Å². The summed E-state index contributed by atoms with van der Waals surface area (Å²) in [6, 6.07) is 17.2. The van der Waals surface area contributed by atoms with Crippen molar-refractivity contribution in [2.75, 3.05) is 0 Å². The largest absolute Gasteiger partial charge is 0.514 e. The number of para-hydroxylation sites is 1. The van der Waals surface area contributed by atoms with Gasteiger partial charge in [0.1, 0.15) is 12.4 Å². The summed E-state index contributed by atoms with van der Waals surface area (Å²) in [5, 5.41) is 0. The van der Waals surface area contributed by atoms with Crippen LogP contribution in [-0.2, 0) is 17.8 Å². The molecule has 0 atom stereocenters. The molecule has 3 heteroatoms. The SMILES string of the molecule is CCCCCCc1ccccc1OC(=O)OCc1ccccc1. The van der Waals surface area contributed by atoms with Gasteiger partial charge in [-0.1, -0.05) is 74.7 Å². The number of aryl methyl sites for hydroxylation is 1. The lowest BCUT2D eigenvalue weighted by molar-refractivity contribution is 0.0924. The van der Waals surface area contributed by atoms with Crippen molar-refractivity contribution < 1.29 is 14.3 Å². The van der Waals surface area contributed by atoms with Crippen molar-refractivity contribution in [1.29, 1.82) is 0 Å². The maximum absolute atomic E-state index is 11.9. The monoisotopic (exact) mass is 312 g/mol. The Morgan fingerprint density at radius 1 is 0.913 bits per heavy atom. The lowest BCUT2D eigenvalue weighted by Crippen LogP contribution is -2.11. The number of benzene rings is 2. The topological polar surface area (TPSA) is 35.5 Å². The van der Waals surface area contributed by atoms with Crippen LogP contribution in [0, 0.1) is 0 Å². The van der Waals surface area contributed by atoms with Gasteiger partial charge in [-0.25, -0.2) is 4.79 Å². The van der Waals surface area contributed by atoms with E-state index in [1.165, 1.54) is 19.3 Å². The van der Waals surface area contributed by atoms with Crippen LogP contribution < -0.4 is 4.74 Å². The fraction of sp³-hybridized carbons (Fsp3) is 0.350. The molecule has 2 aromatic carbocycles. The Balaban J connectivity index is 1.85. The Kier molecular flexibility index (Phi) is 7.18. The Bertz CT molecular complexity index is 593. The molecule has 0 aliphatic heterocycles. The van der Waals surface area contributed by atoms with Crippen molar-refractivity contribution in [2.24, 2.45) is 0 Å². The molecule has 3 nitrogen and oxygen atoms in total. The third-order valence-corrected chi connectivity index (χ3v) is 3.67. The third kappa shape index (κ3) is 6.15. The summed E-state index contributed by atoms with van der Waals surface area (Å²) < 4.78 is 10.5. The van der Waals surface area contributed by atoms with Crippen LogP contribution in [-0.4, -0.2) is 6.16 Å². The summed E-state index contributed by atoms with van der Waals surface area (Å²) >= 11 is 0. The summed E-state index contributed by atoms with van der Waals surface area (Å²) in [4.78, 5) is 11.9. The molecule has 0 radical (unpaired) electrons. The highest BCUT2D eigenvalue weighted by Crippen LogP contribution is 2.21. The summed E-state index contributed by atoms with van der Waals surface area (Å²) in [6.45, 7) is 2.41. The zero-order valence-corrected chi connectivity index (χ0v) is 13.7. The van der Waals surface area contributed by atoms with E-state index < -0.39 is 6.16 Å². The van der Waals surface area contributed by atoms with Crippen LogP contribution in [0.15, 0.2) is 54.6 Å². The van der Waals surface area contributed by atoms with Crippen LogP contribution in [0.4, 0.5) is 4.79 Å². The Morgan fingerprint density at radius 3 is 2.43 bits per heavy atom. The first kappa shape index (κ1) is 17.1. The molecule has 122 valence electrons. The van der Waals surface area contributed by atoms with E-state index in [2.05, 4.69) is 6.92 Å². The molecule has 0 spiro atoms. The van der Waals surface area contributed by atoms with Gasteiger partial charge in [0, 0.05) is 0 Å². The van der Waals surface area contributed by atoms with E-state index in [-0.39, 0.29) is 6.61 Å². The molecule has 23 heavy (non-hydrogen) atoms. The van der Waals surface area contributed by atoms with Gasteiger partial charge in [-0.05, 0) is 30.0 Å². The quantitative estimate of drug-likeness (QED) is 0.365. The van der Waals surface area contributed by atoms with Gasteiger partial charge in [-0.15, -0.1) is 0 Å². The Morgan fingerprint density at radius 2 is 1.65 bits per heavy atom. The highest BCUT2D eigenvalue weighted by atomic mass is 16.7. The van der Waals surface area contributed by atoms with Crippen molar-refractivity contribution in [3.63, 3.8) is 0 Å². The van der Waals surface area contributed by atoms with Crippen LogP contribution >= 0.6 is 0 Å². The first-order valence-corrected chi connectivity index (χ1v) is 8.26. The average molecular weight is 312 g/mol. The predicted octanol–water partition coefficient (Wildman–Crippen LogP) is 5.53. The summed E-state index contributed by atoms with van der Waals surface area (Å²) in [7, 11) is 0. The van der Waals surface area contributed by atoms with Crippen molar-refractivity contribution in [1.82, 2.24) is 0 Å². The number of rotatable bonds is 8. The molecule has 0 saturated carbocycles. The minimum atomic E-state index is -0.658. The van der Waals surface area contributed by atoms with Gasteiger partial charge in [-0.3, -0.25) is 0 Å². The summed E-state index contributed by atoms with van der Waals surface area (Å²) in [5.74, 6) is 0.599. The number of hydrogen-bond donors (Lipinski definition) is 0. The van der Waals surface area contributed by atoms with Crippen molar-refractivity contribution in [3.8, 4) is 5.75 Å². The molecule has 0 N–H and O–H groups in total. The molecule has 0 aliphatic carbocycles. The maximum atomic E-state index is 11.9. The fourth-order valence-electron chi connectivity index (χ4n) is 2.39. The number of carbonyl (C=O) groups excluding carboxylic acids is 1. The normalized spacial score (nSPS) is 10.3. The van der Waals surface area contributed by atoms with Gasteiger partial charge >= 0.3 is 6.16 Å². The van der Waals surface area contributed by atoms with Crippen LogP contribution in [0.1, 0.15) is 43.7 Å². The highest BCUT2D eigenvalue weighted by molar-refractivity contribution is 5.64. The first-order valence-electron chi connectivity index (χ1n) is 8.26. The minimum absolute atomic E-state index is 0.221. The summed E-state index contributed by atoms with van der Waals surface area (Å²) in [5.41, 5.74) is 2.00.